The number of ether oxygens (including phenoxy) is 2. The number of rotatable bonds is 14. The summed E-state index contributed by atoms with van der Waals surface area (Å²) in [7, 11) is 0. The Bertz CT molecular complexity index is 1640. The van der Waals surface area contributed by atoms with Gasteiger partial charge in [0.1, 0.15) is 11.9 Å². The Kier molecular flexibility index (Phi) is 9.52. The Balaban J connectivity index is 1.17. The van der Waals surface area contributed by atoms with Crippen LogP contribution < -0.4 is 9.47 Å². The Hall–Kier alpha value is -3.81. The van der Waals surface area contributed by atoms with Gasteiger partial charge in [0.2, 0.25) is 0 Å². The number of carbonyl (C=O) groups excluding carboxylic acids is 3. The molecule has 0 amide bonds. The van der Waals surface area contributed by atoms with Gasteiger partial charge in [-0.05, 0) is 88.1 Å². The van der Waals surface area contributed by atoms with E-state index < -0.39 is 0 Å². The normalized spacial score (nSPS) is 25.3. The molecule has 7 nitrogen and oxygen atoms in total. The van der Waals surface area contributed by atoms with E-state index >= 15 is 0 Å². The SMILES string of the molecule is CC(=O)CN1CC[C@]23c4c5ccc(OC(C)=O)c4O[C@H]2[C@@H](N(CCCCCCc2ccccc2)CC(=O)c2ccccc2)CC[C@H]3[C@H]1C5. The van der Waals surface area contributed by atoms with Gasteiger partial charge in [0.05, 0.1) is 13.1 Å². The summed E-state index contributed by atoms with van der Waals surface area (Å²) in [5, 5.41) is 0. The van der Waals surface area contributed by atoms with Gasteiger partial charge in [0, 0.05) is 35.5 Å². The molecule has 0 unspecified atom stereocenters. The van der Waals surface area contributed by atoms with Crippen molar-refractivity contribution in [1.82, 2.24) is 9.80 Å². The highest BCUT2D eigenvalue weighted by Crippen LogP contribution is 2.64. The van der Waals surface area contributed by atoms with Crippen molar-refractivity contribution in [3.05, 3.63) is 95.1 Å². The standard InChI is InChI=1S/C41H48N2O5/c1-28(44)26-43-24-22-41-33-19-20-34(40(41)48-39-37(47-29(2)45)21-18-32(38(39)41)25-35(33)43)42(27-36(46)31-16-10-6-11-17-31)23-12-4-3-7-13-30-14-8-5-9-15-30/h5-6,8-11,14-18,21,33-35,40H,3-4,7,12-13,19-20,22-27H2,1-2H3/t33-,34-,35+,40-,41-/m0/s1. The fourth-order valence-electron chi connectivity index (χ4n) is 9.58. The van der Waals surface area contributed by atoms with Crippen molar-refractivity contribution < 1.29 is 23.9 Å². The first-order chi connectivity index (χ1) is 23.3. The number of Topliss-reactive ketones (excluding diaryl/α,β-unsaturated/α-hetero) is 2. The van der Waals surface area contributed by atoms with E-state index in [4.69, 9.17) is 9.47 Å². The molecule has 48 heavy (non-hydrogen) atoms. The second-order valence-electron chi connectivity index (χ2n) is 14.5. The van der Waals surface area contributed by atoms with E-state index in [0.29, 0.717) is 24.8 Å². The molecule has 1 spiro atoms. The van der Waals surface area contributed by atoms with Crippen LogP contribution >= 0.6 is 0 Å². The van der Waals surface area contributed by atoms with Gasteiger partial charge in [-0.15, -0.1) is 0 Å². The third-order valence-electron chi connectivity index (χ3n) is 11.5. The average molecular weight is 649 g/mol. The molecule has 4 aliphatic rings. The van der Waals surface area contributed by atoms with E-state index in [1.807, 2.05) is 36.4 Å². The average Bonchev–Trinajstić information content (AvgIpc) is 3.43. The summed E-state index contributed by atoms with van der Waals surface area (Å²) in [5.41, 5.74) is 4.33. The maximum absolute atomic E-state index is 13.8. The van der Waals surface area contributed by atoms with Gasteiger partial charge >= 0.3 is 5.97 Å². The van der Waals surface area contributed by atoms with Crippen LogP contribution in [0.3, 0.4) is 0 Å². The van der Waals surface area contributed by atoms with E-state index in [0.717, 1.165) is 82.2 Å². The summed E-state index contributed by atoms with van der Waals surface area (Å²) in [6, 6.07) is 24.6. The fourth-order valence-corrected chi connectivity index (χ4v) is 9.58. The lowest BCUT2D eigenvalue weighted by Gasteiger charge is -2.60. The van der Waals surface area contributed by atoms with Crippen LogP contribution in [0.15, 0.2) is 72.8 Å². The van der Waals surface area contributed by atoms with Crippen LogP contribution in [0.25, 0.3) is 0 Å². The zero-order valence-corrected chi connectivity index (χ0v) is 28.4. The Morgan fingerprint density at radius 1 is 0.917 bits per heavy atom. The molecular formula is C41H48N2O5. The van der Waals surface area contributed by atoms with Gasteiger partial charge in [-0.3, -0.25) is 24.2 Å². The molecule has 2 fully saturated rings. The molecular weight excluding hydrogens is 600 g/mol. The van der Waals surface area contributed by atoms with E-state index in [-0.39, 0.29) is 41.1 Å². The molecule has 7 heteroatoms. The number of unbranched alkanes of at least 4 members (excludes halogenated alkanes) is 3. The highest BCUT2D eigenvalue weighted by Gasteiger charge is 2.66. The number of ketones is 2. The van der Waals surface area contributed by atoms with E-state index in [1.54, 1.807) is 6.92 Å². The molecule has 2 heterocycles. The molecule has 252 valence electrons. The fraction of sp³-hybridized carbons (Fsp3) is 0.488. The number of nitrogens with zero attached hydrogens (tertiary/aromatic N) is 2. The van der Waals surface area contributed by atoms with E-state index in [1.165, 1.54) is 23.6 Å². The molecule has 2 bridgehead atoms. The predicted molar refractivity (Wildman–Crippen MR) is 186 cm³/mol. The first-order valence-electron chi connectivity index (χ1n) is 18.0. The van der Waals surface area contributed by atoms with Gasteiger partial charge < -0.3 is 9.47 Å². The minimum Gasteiger partial charge on any atom is -0.484 e. The molecule has 0 N–H and O–H groups in total. The van der Waals surface area contributed by atoms with Gasteiger partial charge in [-0.25, -0.2) is 0 Å². The number of esters is 1. The number of likely N-dealkylation sites (tertiary alicyclic amines) is 1. The molecule has 1 saturated heterocycles. The summed E-state index contributed by atoms with van der Waals surface area (Å²) in [6.45, 7) is 5.60. The highest BCUT2D eigenvalue weighted by atomic mass is 16.6. The molecule has 7 rings (SSSR count). The van der Waals surface area contributed by atoms with Crippen LogP contribution in [-0.4, -0.2) is 71.7 Å². The zero-order chi connectivity index (χ0) is 33.3. The van der Waals surface area contributed by atoms with Crippen LogP contribution in [0.2, 0.25) is 0 Å². The number of hydrogen-bond acceptors (Lipinski definition) is 7. The van der Waals surface area contributed by atoms with Gasteiger partial charge in [-0.1, -0.05) is 79.6 Å². The van der Waals surface area contributed by atoms with Crippen molar-refractivity contribution in [3.8, 4) is 11.5 Å². The molecule has 2 aliphatic heterocycles. The van der Waals surface area contributed by atoms with Crippen molar-refractivity contribution in [1.29, 1.82) is 0 Å². The van der Waals surface area contributed by atoms with E-state index in [9.17, 15) is 14.4 Å². The Morgan fingerprint density at radius 3 is 2.42 bits per heavy atom. The summed E-state index contributed by atoms with van der Waals surface area (Å²) >= 11 is 0. The third-order valence-corrected chi connectivity index (χ3v) is 11.5. The number of hydrogen-bond donors (Lipinski definition) is 0. The Labute approximate surface area is 284 Å². The monoisotopic (exact) mass is 648 g/mol. The van der Waals surface area contributed by atoms with Crippen LogP contribution in [0, 0.1) is 5.92 Å². The number of piperidine rings is 1. The summed E-state index contributed by atoms with van der Waals surface area (Å²) in [5.74, 6) is 1.52. The van der Waals surface area contributed by atoms with Crippen LogP contribution in [0.1, 0.15) is 85.8 Å². The first kappa shape index (κ1) is 32.7. The lowest BCUT2D eigenvalue weighted by atomic mass is 9.51. The minimum absolute atomic E-state index is 0.0433. The van der Waals surface area contributed by atoms with Crippen molar-refractivity contribution in [2.45, 2.75) is 95.2 Å². The lowest BCUT2D eigenvalue weighted by Crippen LogP contribution is -2.69. The van der Waals surface area contributed by atoms with Crippen molar-refractivity contribution in [2.24, 2.45) is 5.92 Å². The lowest BCUT2D eigenvalue weighted by molar-refractivity contribution is -0.132. The quantitative estimate of drug-likeness (QED) is 0.0845. The second kappa shape index (κ2) is 14.0. The van der Waals surface area contributed by atoms with Crippen molar-refractivity contribution in [3.63, 3.8) is 0 Å². The molecule has 5 atom stereocenters. The van der Waals surface area contributed by atoms with Gasteiger partial charge in [0.25, 0.3) is 0 Å². The summed E-state index contributed by atoms with van der Waals surface area (Å²) in [4.78, 5) is 43.1. The topological polar surface area (TPSA) is 76.2 Å². The molecule has 3 aromatic rings. The van der Waals surface area contributed by atoms with Gasteiger partial charge in [-0.2, -0.15) is 0 Å². The first-order valence-corrected chi connectivity index (χ1v) is 18.0. The summed E-state index contributed by atoms with van der Waals surface area (Å²) < 4.78 is 12.8. The van der Waals surface area contributed by atoms with Crippen LogP contribution in [0.5, 0.6) is 11.5 Å². The zero-order valence-electron chi connectivity index (χ0n) is 28.4. The minimum atomic E-state index is -0.359. The number of carbonyl (C=O) groups is 3. The number of aryl methyl sites for hydroxylation is 1. The molecule has 1 saturated carbocycles. The van der Waals surface area contributed by atoms with Gasteiger partial charge in [0.15, 0.2) is 17.3 Å². The Morgan fingerprint density at radius 2 is 1.67 bits per heavy atom. The third kappa shape index (κ3) is 6.23. The smallest absolute Gasteiger partial charge is 0.308 e. The molecule has 2 aliphatic carbocycles. The van der Waals surface area contributed by atoms with Crippen molar-refractivity contribution in [2.75, 3.05) is 26.2 Å². The van der Waals surface area contributed by atoms with Crippen LogP contribution in [-0.2, 0) is 27.8 Å². The maximum atomic E-state index is 13.8. The van der Waals surface area contributed by atoms with E-state index in [2.05, 4.69) is 46.2 Å². The summed E-state index contributed by atoms with van der Waals surface area (Å²) in [6.07, 6.45) is 9.03. The molecule has 0 aromatic heterocycles. The maximum Gasteiger partial charge on any atom is 0.308 e. The molecule has 0 radical (unpaired) electrons. The predicted octanol–water partition coefficient (Wildman–Crippen LogP) is 6.60. The van der Waals surface area contributed by atoms with Crippen molar-refractivity contribution >= 4 is 17.5 Å². The largest absolute Gasteiger partial charge is 0.484 e. The van der Waals surface area contributed by atoms with Crippen LogP contribution in [0.4, 0.5) is 0 Å². The highest BCUT2D eigenvalue weighted by molar-refractivity contribution is 5.97. The molecule has 3 aromatic carbocycles. The number of benzene rings is 3. The second-order valence-corrected chi connectivity index (χ2v) is 14.5.